The maximum absolute atomic E-state index is 6.63. The maximum atomic E-state index is 6.63. The zero-order valence-corrected chi connectivity index (χ0v) is 14.5. The summed E-state index contributed by atoms with van der Waals surface area (Å²) in [4.78, 5) is 0. The molecule has 1 rings (SSSR count). The van der Waals surface area contributed by atoms with Crippen LogP contribution in [-0.2, 0) is 9.16 Å². The predicted octanol–water partition coefficient (Wildman–Crippen LogP) is 4.91. The summed E-state index contributed by atoms with van der Waals surface area (Å²) in [5.41, 5.74) is -0.0202. The van der Waals surface area contributed by atoms with E-state index in [1.165, 1.54) is 18.1 Å². The molecule has 0 saturated carbocycles. The van der Waals surface area contributed by atoms with E-state index < -0.39 is 8.32 Å². The summed E-state index contributed by atoms with van der Waals surface area (Å²) in [6.45, 7) is 15.2. The Kier molecular flexibility index (Phi) is 6.28. The van der Waals surface area contributed by atoms with Gasteiger partial charge in [0.1, 0.15) is 6.10 Å². The van der Waals surface area contributed by atoms with Crippen molar-refractivity contribution >= 4 is 8.32 Å². The summed E-state index contributed by atoms with van der Waals surface area (Å²) in [5.74, 6) is 0. The average Bonchev–Trinajstić information content (AvgIpc) is 2.72. The van der Waals surface area contributed by atoms with Crippen LogP contribution >= 0.6 is 0 Å². The zero-order chi connectivity index (χ0) is 14.5. The largest absolute Gasteiger partial charge is 0.411 e. The number of hydrogen-bond donors (Lipinski definition) is 0. The summed E-state index contributed by atoms with van der Waals surface area (Å²) < 4.78 is 12.8. The Hall–Kier alpha value is -0.123. The molecule has 1 fully saturated rings. The van der Waals surface area contributed by atoms with Crippen LogP contribution in [0.1, 0.15) is 53.9 Å². The van der Waals surface area contributed by atoms with E-state index >= 15 is 0 Å². The van der Waals surface area contributed by atoms with E-state index in [1.54, 1.807) is 0 Å². The van der Waals surface area contributed by atoms with E-state index in [9.17, 15) is 0 Å². The highest BCUT2D eigenvalue weighted by Crippen LogP contribution is 2.39. The van der Waals surface area contributed by atoms with Crippen LogP contribution in [-0.4, -0.2) is 26.1 Å². The molecule has 1 heterocycles. The van der Waals surface area contributed by atoms with Gasteiger partial charge in [-0.05, 0) is 31.5 Å². The van der Waals surface area contributed by atoms with Crippen molar-refractivity contribution in [2.24, 2.45) is 0 Å². The van der Waals surface area contributed by atoms with Crippen molar-refractivity contribution in [3.05, 3.63) is 12.7 Å². The lowest BCUT2D eigenvalue weighted by molar-refractivity contribution is -0.0234. The fourth-order valence-corrected chi connectivity index (χ4v) is 6.17. The first kappa shape index (κ1) is 16.9. The molecule has 19 heavy (non-hydrogen) atoms. The van der Waals surface area contributed by atoms with E-state index in [2.05, 4.69) is 41.2 Å². The van der Waals surface area contributed by atoms with Crippen molar-refractivity contribution in [2.75, 3.05) is 0 Å². The minimum Gasteiger partial charge on any atom is -0.411 e. The third kappa shape index (κ3) is 3.93. The lowest BCUT2D eigenvalue weighted by Gasteiger charge is -2.32. The van der Waals surface area contributed by atoms with Crippen LogP contribution in [0.4, 0.5) is 0 Å². The van der Waals surface area contributed by atoms with Gasteiger partial charge in [-0.15, -0.1) is 6.58 Å². The fraction of sp³-hybridized carbons (Fsp3) is 0.875. The van der Waals surface area contributed by atoms with E-state index in [0.717, 1.165) is 19.3 Å². The highest BCUT2D eigenvalue weighted by molar-refractivity contribution is 6.73. The first-order chi connectivity index (χ1) is 8.98. The Bertz CT molecular complexity index is 280. The summed E-state index contributed by atoms with van der Waals surface area (Å²) in [6, 6.07) is 3.60. The molecule has 0 radical (unpaired) electrons. The first-order valence-electron chi connectivity index (χ1n) is 7.96. The summed E-state index contributed by atoms with van der Waals surface area (Å²) >= 11 is 0. The molecule has 0 aromatic rings. The predicted molar refractivity (Wildman–Crippen MR) is 85.1 cm³/mol. The summed E-state index contributed by atoms with van der Waals surface area (Å²) in [5, 5.41) is 0. The van der Waals surface area contributed by atoms with Gasteiger partial charge in [0.25, 0.3) is 0 Å². The second-order valence-corrected chi connectivity index (χ2v) is 10.8. The van der Waals surface area contributed by atoms with Gasteiger partial charge < -0.3 is 9.16 Å². The monoisotopic (exact) mass is 284 g/mol. The molecule has 0 aromatic carbocycles. The smallest absolute Gasteiger partial charge is 0.192 e. The molecule has 3 atom stereocenters. The molecular formula is C16H32O2Si. The zero-order valence-electron chi connectivity index (χ0n) is 13.5. The van der Waals surface area contributed by atoms with Crippen molar-refractivity contribution in [1.82, 2.24) is 0 Å². The third-order valence-electron chi connectivity index (χ3n) is 4.77. The Labute approximate surface area is 120 Å². The fourth-order valence-electron chi connectivity index (χ4n) is 3.31. The maximum Gasteiger partial charge on any atom is 0.192 e. The van der Waals surface area contributed by atoms with Gasteiger partial charge in [0.05, 0.1) is 11.7 Å². The van der Waals surface area contributed by atoms with Crippen LogP contribution in [0.2, 0.25) is 18.1 Å². The number of rotatable bonds is 8. The molecule has 2 nitrogen and oxygen atoms in total. The molecule has 0 unspecified atom stereocenters. The lowest BCUT2D eigenvalue weighted by atomic mass is 9.95. The molecule has 0 spiro atoms. The van der Waals surface area contributed by atoms with Crippen LogP contribution in [0.3, 0.4) is 0 Å². The molecular weight excluding hydrogens is 252 g/mol. The van der Waals surface area contributed by atoms with Crippen LogP contribution in [0.25, 0.3) is 0 Å². The molecule has 0 aromatic heterocycles. The topological polar surface area (TPSA) is 18.5 Å². The second kappa shape index (κ2) is 7.05. The van der Waals surface area contributed by atoms with Gasteiger partial charge in [0.2, 0.25) is 0 Å². The average molecular weight is 285 g/mol. The second-order valence-electron chi connectivity index (χ2n) is 6.12. The van der Waals surface area contributed by atoms with Gasteiger partial charge in [-0.1, -0.05) is 40.2 Å². The van der Waals surface area contributed by atoms with E-state index in [1.807, 2.05) is 6.08 Å². The van der Waals surface area contributed by atoms with Crippen LogP contribution < -0.4 is 0 Å². The van der Waals surface area contributed by atoms with Crippen molar-refractivity contribution in [2.45, 2.75) is 89.8 Å². The van der Waals surface area contributed by atoms with Crippen molar-refractivity contribution < 1.29 is 9.16 Å². The quantitative estimate of drug-likeness (QED) is 0.466. The summed E-state index contributed by atoms with van der Waals surface area (Å²) in [6.07, 6.45) is 5.52. The number of ether oxygens (including phenoxy) is 1. The van der Waals surface area contributed by atoms with Gasteiger partial charge in [0.15, 0.2) is 8.32 Å². The van der Waals surface area contributed by atoms with Gasteiger partial charge in [0, 0.05) is 6.42 Å². The van der Waals surface area contributed by atoms with Crippen LogP contribution in [0.5, 0.6) is 0 Å². The van der Waals surface area contributed by atoms with Crippen LogP contribution in [0, 0.1) is 0 Å². The Balaban J connectivity index is 2.79. The molecule has 0 bridgehead atoms. The van der Waals surface area contributed by atoms with Gasteiger partial charge in [-0.25, -0.2) is 0 Å². The van der Waals surface area contributed by atoms with Gasteiger partial charge in [-0.3, -0.25) is 0 Å². The van der Waals surface area contributed by atoms with E-state index in [4.69, 9.17) is 9.16 Å². The van der Waals surface area contributed by atoms with Crippen LogP contribution in [0.15, 0.2) is 12.7 Å². The highest BCUT2D eigenvalue weighted by atomic mass is 28.4. The lowest BCUT2D eigenvalue weighted by Crippen LogP contribution is -2.42. The molecule has 0 N–H and O–H groups in total. The molecule has 3 heteroatoms. The molecule has 112 valence electrons. The van der Waals surface area contributed by atoms with E-state index in [-0.39, 0.29) is 17.8 Å². The Morgan fingerprint density at radius 1 is 1.26 bits per heavy atom. The molecule has 1 aliphatic rings. The number of hydrogen-bond acceptors (Lipinski definition) is 2. The minimum atomic E-state index is -1.55. The van der Waals surface area contributed by atoms with Crippen molar-refractivity contribution in [3.63, 3.8) is 0 Å². The first-order valence-corrected chi connectivity index (χ1v) is 10.5. The summed E-state index contributed by atoms with van der Waals surface area (Å²) in [7, 11) is -1.55. The molecule has 0 aliphatic carbocycles. The van der Waals surface area contributed by atoms with Gasteiger partial charge in [-0.2, -0.15) is 0 Å². The molecule has 1 aliphatic heterocycles. The normalized spacial score (nSPS) is 31.6. The van der Waals surface area contributed by atoms with Gasteiger partial charge >= 0.3 is 0 Å². The minimum absolute atomic E-state index is 0.0202. The molecule has 1 saturated heterocycles. The Morgan fingerprint density at radius 3 is 2.26 bits per heavy atom. The molecule has 0 amide bonds. The van der Waals surface area contributed by atoms with Crippen molar-refractivity contribution in [1.29, 1.82) is 0 Å². The van der Waals surface area contributed by atoms with E-state index in [0.29, 0.717) is 0 Å². The Morgan fingerprint density at radius 2 is 1.84 bits per heavy atom. The standard InChI is InChI=1S/C16H32O2Si/c1-7-12-16(6)13-15(14(8-2)17-16)18-19(9-3,10-4)11-5/h8,14-15H,2,7,9-13H2,1,3-6H3/t14-,15+,16+/m0/s1. The third-order valence-corrected chi connectivity index (χ3v) is 9.43. The van der Waals surface area contributed by atoms with Crippen molar-refractivity contribution in [3.8, 4) is 0 Å². The highest BCUT2D eigenvalue weighted by Gasteiger charge is 2.45. The SMILES string of the molecule is C=C[C@@H]1O[C@](C)(CCC)C[C@H]1O[Si](CC)(CC)CC.